The summed E-state index contributed by atoms with van der Waals surface area (Å²) in [7, 11) is 6.09. The maximum Gasteiger partial charge on any atom is 0.191 e. The fourth-order valence-corrected chi connectivity index (χ4v) is 2.50. The normalized spacial score (nSPS) is 13.1. The number of nitrogens with zero attached hydrogens (tertiary/aromatic N) is 4. The van der Waals surface area contributed by atoms with Gasteiger partial charge in [-0.2, -0.15) is 5.10 Å². The van der Waals surface area contributed by atoms with E-state index in [1.165, 1.54) is 11.1 Å². The first-order valence-corrected chi connectivity index (χ1v) is 8.31. The highest BCUT2D eigenvalue weighted by molar-refractivity contribution is 5.79. The van der Waals surface area contributed by atoms with Gasteiger partial charge in [-0.25, -0.2) is 4.99 Å². The first-order chi connectivity index (χ1) is 11.6. The fraction of sp³-hybridized carbons (Fsp3) is 0.444. The van der Waals surface area contributed by atoms with Crippen LogP contribution in [0, 0.1) is 0 Å². The molecule has 0 bridgehead atoms. The summed E-state index contributed by atoms with van der Waals surface area (Å²) in [6, 6.07) is 10.5. The molecule has 2 N–H and O–H groups in total. The van der Waals surface area contributed by atoms with Crippen molar-refractivity contribution in [2.75, 3.05) is 27.2 Å². The van der Waals surface area contributed by atoms with Crippen LogP contribution in [0.3, 0.4) is 0 Å². The van der Waals surface area contributed by atoms with Crippen molar-refractivity contribution in [1.82, 2.24) is 25.3 Å². The first-order valence-electron chi connectivity index (χ1n) is 8.31. The Hall–Kier alpha value is -2.34. The highest BCUT2D eigenvalue weighted by Crippen LogP contribution is 2.16. The van der Waals surface area contributed by atoms with Crippen molar-refractivity contribution in [3.63, 3.8) is 0 Å². The van der Waals surface area contributed by atoms with Crippen LogP contribution in [0.15, 0.2) is 47.7 Å². The van der Waals surface area contributed by atoms with Gasteiger partial charge < -0.3 is 15.5 Å². The minimum absolute atomic E-state index is 0.235. The summed E-state index contributed by atoms with van der Waals surface area (Å²) in [6.45, 7) is 4.33. The van der Waals surface area contributed by atoms with E-state index in [9.17, 15) is 0 Å². The van der Waals surface area contributed by atoms with Crippen LogP contribution in [0.25, 0.3) is 0 Å². The summed E-state index contributed by atoms with van der Waals surface area (Å²) < 4.78 is 1.83. The number of likely N-dealkylation sites (N-methyl/N-ethyl adjacent to an activating group) is 1. The molecule has 1 aromatic carbocycles. The van der Waals surface area contributed by atoms with Crippen LogP contribution in [0.1, 0.15) is 24.1 Å². The van der Waals surface area contributed by atoms with Gasteiger partial charge in [-0.05, 0) is 26.6 Å². The molecule has 1 heterocycles. The fourth-order valence-electron chi connectivity index (χ4n) is 2.50. The Kier molecular flexibility index (Phi) is 6.81. The molecule has 6 nitrogen and oxygen atoms in total. The third kappa shape index (κ3) is 5.38. The average molecular weight is 328 g/mol. The van der Waals surface area contributed by atoms with Gasteiger partial charge in [0.05, 0.1) is 18.8 Å². The Morgan fingerprint density at radius 2 is 2.00 bits per heavy atom. The van der Waals surface area contributed by atoms with Crippen LogP contribution in [0.2, 0.25) is 0 Å². The van der Waals surface area contributed by atoms with E-state index in [-0.39, 0.29) is 6.04 Å². The number of guanidine groups is 1. The van der Waals surface area contributed by atoms with Crippen LogP contribution in [0.4, 0.5) is 0 Å². The van der Waals surface area contributed by atoms with Gasteiger partial charge in [0.2, 0.25) is 0 Å². The second-order valence-corrected chi connectivity index (χ2v) is 5.99. The monoisotopic (exact) mass is 328 g/mol. The maximum atomic E-state index is 4.67. The lowest BCUT2D eigenvalue weighted by Crippen LogP contribution is -2.41. The van der Waals surface area contributed by atoms with E-state index >= 15 is 0 Å². The van der Waals surface area contributed by atoms with Gasteiger partial charge in [0.1, 0.15) is 0 Å². The summed E-state index contributed by atoms with van der Waals surface area (Å²) in [4.78, 5) is 6.85. The molecule has 0 aliphatic carbocycles. The van der Waals surface area contributed by atoms with Gasteiger partial charge in [-0.3, -0.25) is 4.68 Å². The zero-order chi connectivity index (χ0) is 17.4. The Balaban J connectivity index is 2.00. The van der Waals surface area contributed by atoms with Gasteiger partial charge in [0, 0.05) is 31.9 Å². The Bertz CT molecular complexity index is 632. The lowest BCUT2D eigenvalue weighted by atomic mass is 10.1. The highest BCUT2D eigenvalue weighted by atomic mass is 15.3. The van der Waals surface area contributed by atoms with E-state index in [2.05, 4.69) is 65.0 Å². The molecule has 1 unspecified atom stereocenters. The van der Waals surface area contributed by atoms with E-state index in [0.29, 0.717) is 6.54 Å². The summed E-state index contributed by atoms with van der Waals surface area (Å²) >= 11 is 0. The molecule has 130 valence electrons. The van der Waals surface area contributed by atoms with E-state index in [4.69, 9.17) is 0 Å². The number of aliphatic imine (C=N–C) groups is 1. The molecule has 0 aliphatic heterocycles. The summed E-state index contributed by atoms with van der Waals surface area (Å²) in [6.07, 6.45) is 3.97. The van der Waals surface area contributed by atoms with E-state index in [1.807, 2.05) is 36.1 Å². The van der Waals surface area contributed by atoms with Crippen molar-refractivity contribution in [2.45, 2.75) is 19.5 Å². The molecule has 0 fully saturated rings. The predicted molar refractivity (Wildman–Crippen MR) is 98.9 cm³/mol. The Morgan fingerprint density at radius 3 is 2.58 bits per heavy atom. The number of nitrogens with one attached hydrogen (secondary N) is 2. The van der Waals surface area contributed by atoms with E-state index < -0.39 is 0 Å². The molecular formula is C18H28N6. The van der Waals surface area contributed by atoms with Gasteiger partial charge in [-0.1, -0.05) is 30.3 Å². The van der Waals surface area contributed by atoms with Crippen molar-refractivity contribution in [3.05, 3.63) is 53.9 Å². The highest BCUT2D eigenvalue weighted by Gasteiger charge is 2.16. The number of aryl methyl sites for hydroxylation is 1. The van der Waals surface area contributed by atoms with Crippen LogP contribution in [-0.2, 0) is 13.6 Å². The van der Waals surface area contributed by atoms with Crippen molar-refractivity contribution in [2.24, 2.45) is 12.0 Å². The van der Waals surface area contributed by atoms with Crippen LogP contribution >= 0.6 is 0 Å². The molecule has 1 atom stereocenters. The number of hydrogen-bond acceptors (Lipinski definition) is 3. The Labute approximate surface area is 144 Å². The molecule has 0 aliphatic rings. The van der Waals surface area contributed by atoms with Crippen LogP contribution in [0.5, 0.6) is 0 Å². The van der Waals surface area contributed by atoms with E-state index in [0.717, 1.165) is 19.0 Å². The van der Waals surface area contributed by atoms with Crippen molar-refractivity contribution in [3.8, 4) is 0 Å². The number of hydrogen-bond donors (Lipinski definition) is 2. The third-order valence-electron chi connectivity index (χ3n) is 3.80. The smallest absolute Gasteiger partial charge is 0.191 e. The van der Waals surface area contributed by atoms with Crippen molar-refractivity contribution >= 4 is 5.96 Å². The second-order valence-electron chi connectivity index (χ2n) is 5.99. The maximum absolute atomic E-state index is 4.67. The lowest BCUT2D eigenvalue weighted by molar-refractivity contribution is 0.298. The second kappa shape index (κ2) is 9.08. The summed E-state index contributed by atoms with van der Waals surface area (Å²) in [5.41, 5.74) is 2.39. The topological polar surface area (TPSA) is 57.5 Å². The minimum Gasteiger partial charge on any atom is -0.357 e. The average Bonchev–Trinajstić information content (AvgIpc) is 2.99. The van der Waals surface area contributed by atoms with Gasteiger partial charge in [0.25, 0.3) is 0 Å². The van der Waals surface area contributed by atoms with Crippen LogP contribution in [-0.4, -0.2) is 47.8 Å². The SMILES string of the molecule is CCNC(=NCc1ccccc1)NCC(c1cnn(C)c1)N(C)C. The van der Waals surface area contributed by atoms with Gasteiger partial charge in [0.15, 0.2) is 5.96 Å². The van der Waals surface area contributed by atoms with Gasteiger partial charge in [-0.15, -0.1) is 0 Å². The lowest BCUT2D eigenvalue weighted by Gasteiger charge is -2.24. The standard InChI is InChI=1S/C18H28N6/c1-5-19-18(20-11-15-9-7-6-8-10-15)21-13-17(23(2)3)16-12-22-24(4)14-16/h6-10,12,14,17H,5,11,13H2,1-4H3,(H2,19,20,21). The summed E-state index contributed by atoms with van der Waals surface area (Å²) in [5, 5.41) is 11.0. The first kappa shape index (κ1) is 18.0. The number of rotatable bonds is 7. The molecule has 0 saturated heterocycles. The molecule has 24 heavy (non-hydrogen) atoms. The van der Waals surface area contributed by atoms with Gasteiger partial charge >= 0.3 is 0 Å². The van der Waals surface area contributed by atoms with Crippen molar-refractivity contribution in [1.29, 1.82) is 0 Å². The van der Waals surface area contributed by atoms with Crippen LogP contribution < -0.4 is 10.6 Å². The molecule has 0 saturated carbocycles. The quantitative estimate of drug-likeness (QED) is 0.601. The molecule has 2 rings (SSSR count). The molecule has 0 amide bonds. The molecule has 2 aromatic rings. The van der Waals surface area contributed by atoms with E-state index in [1.54, 1.807) is 0 Å². The zero-order valence-corrected chi connectivity index (χ0v) is 15.0. The predicted octanol–water partition coefficient (Wildman–Crippen LogP) is 1.78. The number of aromatic nitrogens is 2. The number of benzene rings is 1. The molecular weight excluding hydrogens is 300 g/mol. The minimum atomic E-state index is 0.235. The largest absolute Gasteiger partial charge is 0.357 e. The van der Waals surface area contributed by atoms with Crippen molar-refractivity contribution < 1.29 is 0 Å². The zero-order valence-electron chi connectivity index (χ0n) is 15.0. The molecule has 1 aromatic heterocycles. The molecule has 6 heteroatoms. The summed E-state index contributed by atoms with van der Waals surface area (Å²) in [5.74, 6) is 0.831. The third-order valence-corrected chi connectivity index (χ3v) is 3.80. The molecule has 0 spiro atoms. The molecule has 0 radical (unpaired) electrons. The Morgan fingerprint density at radius 1 is 1.25 bits per heavy atom.